The highest BCUT2D eigenvalue weighted by Gasteiger charge is 2.10. The second-order valence-corrected chi connectivity index (χ2v) is 4.90. The van der Waals surface area contributed by atoms with Crippen LogP contribution in [0.15, 0.2) is 41.5 Å². The summed E-state index contributed by atoms with van der Waals surface area (Å²) in [4.78, 5) is 12.1. The highest BCUT2D eigenvalue weighted by molar-refractivity contribution is 5.95. The van der Waals surface area contributed by atoms with Crippen molar-refractivity contribution in [3.05, 3.63) is 47.5 Å². The number of phenolic OH excluding ortho intramolecular Hbond substituents is 1. The number of para-hydroxylation sites is 1. The smallest absolute Gasteiger partial charge is 0.271 e. The van der Waals surface area contributed by atoms with Crippen LogP contribution >= 0.6 is 0 Å². The highest BCUT2D eigenvalue weighted by Crippen LogP contribution is 2.29. The summed E-state index contributed by atoms with van der Waals surface area (Å²) < 4.78 is 15.6. The van der Waals surface area contributed by atoms with Gasteiger partial charge in [0.1, 0.15) is 0 Å². The first-order valence-electron chi connectivity index (χ1n) is 7.60. The Bertz CT molecular complexity index is 774. The number of ether oxygens (including phenoxy) is 3. The van der Waals surface area contributed by atoms with Crippen molar-refractivity contribution < 1.29 is 24.1 Å². The van der Waals surface area contributed by atoms with Crippen LogP contribution in [0.1, 0.15) is 22.8 Å². The predicted octanol–water partition coefficient (Wildman–Crippen LogP) is 2.57. The van der Waals surface area contributed by atoms with Crippen LogP contribution in [0.5, 0.6) is 23.0 Å². The lowest BCUT2D eigenvalue weighted by Gasteiger charge is -2.09. The fourth-order valence-corrected chi connectivity index (χ4v) is 2.12. The van der Waals surface area contributed by atoms with Crippen LogP contribution in [0.25, 0.3) is 0 Å². The first-order valence-corrected chi connectivity index (χ1v) is 7.60. The molecule has 0 saturated heterocycles. The maximum absolute atomic E-state index is 12.1. The Labute approximate surface area is 145 Å². The molecule has 2 rings (SSSR count). The number of nitrogens with one attached hydrogen (secondary N) is 1. The SMILES string of the molecule is CCOc1cccc(C=NNC(=O)c2ccc(OC)c(OC)c2)c1O. The number of aromatic hydroxyl groups is 1. The Morgan fingerprint density at radius 1 is 1.16 bits per heavy atom. The molecule has 1 amide bonds. The number of methoxy groups -OCH3 is 2. The minimum Gasteiger partial charge on any atom is -0.504 e. The number of hydrogen-bond acceptors (Lipinski definition) is 6. The third-order valence-corrected chi connectivity index (χ3v) is 3.35. The number of rotatable bonds is 7. The highest BCUT2D eigenvalue weighted by atomic mass is 16.5. The average Bonchev–Trinajstić information content (AvgIpc) is 2.64. The van der Waals surface area contributed by atoms with Crippen molar-refractivity contribution in [3.8, 4) is 23.0 Å². The van der Waals surface area contributed by atoms with Crippen LogP contribution < -0.4 is 19.6 Å². The molecule has 0 saturated carbocycles. The third-order valence-electron chi connectivity index (χ3n) is 3.35. The van der Waals surface area contributed by atoms with Crippen LogP contribution in [0.4, 0.5) is 0 Å². The van der Waals surface area contributed by atoms with Crippen LogP contribution in [-0.4, -0.2) is 38.1 Å². The maximum Gasteiger partial charge on any atom is 0.271 e. The van der Waals surface area contributed by atoms with E-state index < -0.39 is 5.91 Å². The molecule has 2 aromatic carbocycles. The van der Waals surface area contributed by atoms with Gasteiger partial charge in [-0.25, -0.2) is 5.43 Å². The van der Waals surface area contributed by atoms with Gasteiger partial charge in [-0.2, -0.15) is 5.10 Å². The van der Waals surface area contributed by atoms with Crippen molar-refractivity contribution in [1.82, 2.24) is 5.43 Å². The second-order valence-electron chi connectivity index (χ2n) is 4.90. The Morgan fingerprint density at radius 3 is 2.60 bits per heavy atom. The molecule has 0 aromatic heterocycles. The van der Waals surface area contributed by atoms with Gasteiger partial charge in [-0.3, -0.25) is 4.79 Å². The number of carbonyl (C=O) groups is 1. The molecule has 0 radical (unpaired) electrons. The maximum atomic E-state index is 12.1. The van der Waals surface area contributed by atoms with Gasteiger partial charge in [0.2, 0.25) is 0 Å². The molecule has 25 heavy (non-hydrogen) atoms. The van der Waals surface area contributed by atoms with Crippen LogP contribution in [-0.2, 0) is 0 Å². The van der Waals surface area contributed by atoms with Gasteiger partial charge in [-0.05, 0) is 37.3 Å². The molecule has 0 aliphatic heterocycles. The molecule has 0 heterocycles. The summed E-state index contributed by atoms with van der Waals surface area (Å²) in [5, 5.41) is 13.9. The quantitative estimate of drug-likeness (QED) is 0.595. The standard InChI is InChI=1S/C18H20N2O5/c1-4-25-15-7-5-6-13(17(15)21)11-19-20-18(22)12-8-9-14(23-2)16(10-12)24-3/h5-11,21H,4H2,1-3H3,(H,20,22). The summed E-state index contributed by atoms with van der Waals surface area (Å²) in [6.07, 6.45) is 1.34. The zero-order valence-corrected chi connectivity index (χ0v) is 14.3. The molecule has 2 aromatic rings. The molecule has 7 heteroatoms. The molecule has 0 spiro atoms. The van der Waals surface area contributed by atoms with E-state index in [0.717, 1.165) is 0 Å². The van der Waals surface area contributed by atoms with E-state index in [4.69, 9.17) is 14.2 Å². The molecule has 0 aliphatic rings. The number of phenols is 1. The Hall–Kier alpha value is -3.22. The van der Waals surface area contributed by atoms with Crippen LogP contribution in [0, 0.1) is 0 Å². The molecule has 0 atom stereocenters. The number of hydrazone groups is 1. The van der Waals surface area contributed by atoms with Crippen molar-refractivity contribution in [2.45, 2.75) is 6.92 Å². The summed E-state index contributed by atoms with van der Waals surface area (Å²) in [6.45, 7) is 2.26. The monoisotopic (exact) mass is 344 g/mol. The number of amides is 1. The normalized spacial score (nSPS) is 10.5. The number of benzene rings is 2. The molecular formula is C18H20N2O5. The molecule has 0 unspecified atom stereocenters. The van der Waals surface area contributed by atoms with E-state index in [2.05, 4.69) is 10.5 Å². The molecule has 0 bridgehead atoms. The first-order chi connectivity index (χ1) is 12.1. The lowest BCUT2D eigenvalue weighted by molar-refractivity contribution is 0.0954. The molecule has 0 fully saturated rings. The summed E-state index contributed by atoms with van der Waals surface area (Å²) >= 11 is 0. The van der Waals surface area contributed by atoms with Gasteiger partial charge in [0.15, 0.2) is 23.0 Å². The van der Waals surface area contributed by atoms with E-state index >= 15 is 0 Å². The molecule has 132 valence electrons. The Morgan fingerprint density at radius 2 is 1.92 bits per heavy atom. The molecular weight excluding hydrogens is 324 g/mol. The minimum absolute atomic E-state index is 0.0338. The van der Waals surface area contributed by atoms with Gasteiger partial charge in [0.25, 0.3) is 5.91 Å². The number of hydrogen-bond donors (Lipinski definition) is 2. The summed E-state index contributed by atoms with van der Waals surface area (Å²) in [5.41, 5.74) is 3.19. The van der Waals surface area contributed by atoms with Crippen molar-refractivity contribution in [2.24, 2.45) is 5.10 Å². The van der Waals surface area contributed by atoms with Crippen molar-refractivity contribution in [1.29, 1.82) is 0 Å². The van der Waals surface area contributed by atoms with Crippen LogP contribution in [0.2, 0.25) is 0 Å². The zero-order chi connectivity index (χ0) is 18.2. The van der Waals surface area contributed by atoms with Crippen molar-refractivity contribution in [3.63, 3.8) is 0 Å². The van der Waals surface area contributed by atoms with Crippen LogP contribution in [0.3, 0.4) is 0 Å². The van der Waals surface area contributed by atoms with Gasteiger partial charge in [-0.15, -0.1) is 0 Å². The molecule has 0 aliphatic carbocycles. The lowest BCUT2D eigenvalue weighted by atomic mass is 10.2. The minimum atomic E-state index is -0.419. The van der Waals surface area contributed by atoms with E-state index in [9.17, 15) is 9.90 Å². The molecule has 7 nitrogen and oxygen atoms in total. The van der Waals surface area contributed by atoms with E-state index in [1.54, 1.807) is 36.4 Å². The number of carbonyl (C=O) groups excluding carboxylic acids is 1. The van der Waals surface area contributed by atoms with Crippen molar-refractivity contribution >= 4 is 12.1 Å². The predicted molar refractivity (Wildman–Crippen MR) is 93.9 cm³/mol. The van der Waals surface area contributed by atoms with Gasteiger partial charge in [0, 0.05) is 11.1 Å². The fourth-order valence-electron chi connectivity index (χ4n) is 2.12. The van der Waals surface area contributed by atoms with E-state index in [-0.39, 0.29) is 5.75 Å². The van der Waals surface area contributed by atoms with Gasteiger partial charge in [0.05, 0.1) is 27.0 Å². The summed E-state index contributed by atoms with van der Waals surface area (Å²) in [5.74, 6) is 0.880. The number of nitrogens with zero attached hydrogens (tertiary/aromatic N) is 1. The average molecular weight is 344 g/mol. The molecule has 2 N–H and O–H groups in total. The third kappa shape index (κ3) is 4.41. The summed E-state index contributed by atoms with van der Waals surface area (Å²) in [6, 6.07) is 9.82. The zero-order valence-electron chi connectivity index (χ0n) is 14.3. The fraction of sp³-hybridized carbons (Fsp3) is 0.222. The lowest BCUT2D eigenvalue weighted by Crippen LogP contribution is -2.17. The van der Waals surface area contributed by atoms with E-state index in [0.29, 0.717) is 35.0 Å². The van der Waals surface area contributed by atoms with Gasteiger partial charge >= 0.3 is 0 Å². The van der Waals surface area contributed by atoms with E-state index in [1.165, 1.54) is 20.4 Å². The Balaban J connectivity index is 2.09. The summed E-state index contributed by atoms with van der Waals surface area (Å²) in [7, 11) is 3.01. The largest absolute Gasteiger partial charge is 0.504 e. The first kappa shape index (κ1) is 18.1. The van der Waals surface area contributed by atoms with E-state index in [1.807, 2.05) is 6.92 Å². The van der Waals surface area contributed by atoms with Gasteiger partial charge in [-0.1, -0.05) is 6.07 Å². The van der Waals surface area contributed by atoms with Gasteiger partial charge < -0.3 is 19.3 Å². The van der Waals surface area contributed by atoms with Crippen molar-refractivity contribution in [2.75, 3.05) is 20.8 Å². The Kier molecular flexibility index (Phi) is 6.22. The second kappa shape index (κ2) is 8.58. The topological polar surface area (TPSA) is 89.4 Å².